The first-order valence-corrected chi connectivity index (χ1v) is 6.80. The van der Waals surface area contributed by atoms with Crippen molar-refractivity contribution in [2.75, 3.05) is 6.61 Å². The van der Waals surface area contributed by atoms with E-state index in [-0.39, 0.29) is 18.3 Å². The molecule has 104 valence electrons. The Morgan fingerprint density at radius 2 is 1.89 bits per heavy atom. The van der Waals surface area contributed by atoms with Crippen LogP contribution in [0.2, 0.25) is 0 Å². The topological polar surface area (TPSA) is 48.8 Å². The second kappa shape index (κ2) is 4.07. The monoisotopic (exact) mass is 264 g/mol. The number of nitrogens with zero attached hydrogens (tertiary/aromatic N) is 2. The summed E-state index contributed by atoms with van der Waals surface area (Å²) >= 11 is 0. The summed E-state index contributed by atoms with van der Waals surface area (Å²) in [6.45, 7) is 11.9. The van der Waals surface area contributed by atoms with Crippen molar-refractivity contribution >= 4 is 12.6 Å². The average Bonchev–Trinajstić information content (AvgIpc) is 2.97. The molecule has 0 aromatic carbocycles. The molecular weight excluding hydrogens is 243 g/mol. The van der Waals surface area contributed by atoms with Crippen LogP contribution < -0.4 is 5.46 Å². The molecule has 19 heavy (non-hydrogen) atoms. The summed E-state index contributed by atoms with van der Waals surface area (Å²) in [6.07, 6.45) is 2.17. The van der Waals surface area contributed by atoms with E-state index in [1.54, 1.807) is 0 Å². The van der Waals surface area contributed by atoms with Crippen LogP contribution in [0, 0.1) is 6.92 Å². The number of epoxide rings is 1. The quantitative estimate of drug-likeness (QED) is 0.601. The third kappa shape index (κ3) is 2.22. The maximum absolute atomic E-state index is 6.06. The predicted octanol–water partition coefficient (Wildman–Crippen LogP) is 0.890. The van der Waals surface area contributed by atoms with E-state index in [0.717, 1.165) is 24.3 Å². The highest BCUT2D eigenvalue weighted by molar-refractivity contribution is 6.62. The Balaban J connectivity index is 1.81. The van der Waals surface area contributed by atoms with Crippen LogP contribution >= 0.6 is 0 Å². The van der Waals surface area contributed by atoms with Gasteiger partial charge in [-0.05, 0) is 34.6 Å². The van der Waals surface area contributed by atoms with E-state index >= 15 is 0 Å². The lowest BCUT2D eigenvalue weighted by Gasteiger charge is -2.32. The summed E-state index contributed by atoms with van der Waals surface area (Å²) in [5.74, 6) is 0. The Morgan fingerprint density at radius 1 is 1.32 bits per heavy atom. The average molecular weight is 264 g/mol. The molecule has 0 bridgehead atoms. The fourth-order valence-corrected chi connectivity index (χ4v) is 2.21. The normalized spacial score (nSPS) is 27.8. The molecule has 2 saturated heterocycles. The van der Waals surface area contributed by atoms with Crippen molar-refractivity contribution < 1.29 is 14.0 Å². The van der Waals surface area contributed by atoms with Crippen molar-refractivity contribution in [3.8, 4) is 0 Å². The number of rotatable bonds is 3. The van der Waals surface area contributed by atoms with Gasteiger partial charge in [-0.2, -0.15) is 5.10 Å². The van der Waals surface area contributed by atoms with Gasteiger partial charge in [-0.25, -0.2) is 0 Å². The molecule has 0 aliphatic carbocycles. The number of aromatic nitrogens is 2. The summed E-state index contributed by atoms with van der Waals surface area (Å²) in [7, 11) is -0.334. The van der Waals surface area contributed by atoms with Crippen molar-refractivity contribution in [3.63, 3.8) is 0 Å². The largest absolute Gasteiger partial charge is 0.498 e. The lowest BCUT2D eigenvalue weighted by molar-refractivity contribution is 0.00578. The van der Waals surface area contributed by atoms with Gasteiger partial charge < -0.3 is 14.0 Å². The van der Waals surface area contributed by atoms with E-state index in [9.17, 15) is 0 Å². The summed E-state index contributed by atoms with van der Waals surface area (Å²) in [5.41, 5.74) is 1.48. The number of hydrogen-bond acceptors (Lipinski definition) is 4. The second-order valence-electron chi connectivity index (χ2n) is 6.41. The molecule has 0 N–H and O–H groups in total. The van der Waals surface area contributed by atoms with Gasteiger partial charge in [0.15, 0.2) is 0 Å². The number of ether oxygens (including phenoxy) is 1. The standard InChI is InChI=1S/C13H21BN2O3/c1-9-11(6-15-16(9)7-10-8-17-10)14-18-12(2,3)13(4,5)19-14/h6,10H,7-8H2,1-5H3/t10-/m0/s1. The molecule has 0 unspecified atom stereocenters. The van der Waals surface area contributed by atoms with Crippen molar-refractivity contribution in [1.29, 1.82) is 0 Å². The number of hydrogen-bond donors (Lipinski definition) is 0. The van der Waals surface area contributed by atoms with E-state index in [1.807, 2.05) is 10.9 Å². The molecule has 5 nitrogen and oxygen atoms in total. The first-order chi connectivity index (χ1) is 8.80. The summed E-state index contributed by atoms with van der Waals surface area (Å²) in [4.78, 5) is 0. The van der Waals surface area contributed by atoms with Gasteiger partial charge in [-0.15, -0.1) is 0 Å². The van der Waals surface area contributed by atoms with Crippen LogP contribution in [0.5, 0.6) is 0 Å². The molecule has 2 aliphatic heterocycles. The van der Waals surface area contributed by atoms with Gasteiger partial charge in [0.05, 0.1) is 24.4 Å². The minimum atomic E-state index is -0.334. The van der Waals surface area contributed by atoms with Gasteiger partial charge in [0.2, 0.25) is 0 Å². The zero-order chi connectivity index (χ0) is 13.8. The molecule has 6 heteroatoms. The molecule has 1 aromatic rings. The molecule has 3 heterocycles. The molecule has 0 amide bonds. The highest BCUT2D eigenvalue weighted by atomic mass is 16.7. The summed E-state index contributed by atoms with van der Waals surface area (Å²) in [6, 6.07) is 0. The molecule has 0 radical (unpaired) electrons. The van der Waals surface area contributed by atoms with Crippen LogP contribution in [0.3, 0.4) is 0 Å². The van der Waals surface area contributed by atoms with Crippen LogP contribution in [0.15, 0.2) is 6.20 Å². The maximum Gasteiger partial charge on any atom is 0.498 e. The van der Waals surface area contributed by atoms with Gasteiger partial charge in [0.25, 0.3) is 0 Å². The predicted molar refractivity (Wildman–Crippen MR) is 72.4 cm³/mol. The summed E-state index contributed by atoms with van der Waals surface area (Å²) < 4.78 is 19.3. The molecule has 1 aromatic heterocycles. The zero-order valence-corrected chi connectivity index (χ0v) is 12.3. The lowest BCUT2D eigenvalue weighted by atomic mass is 9.79. The van der Waals surface area contributed by atoms with E-state index in [1.165, 1.54) is 0 Å². The van der Waals surface area contributed by atoms with Crippen LogP contribution in [0.25, 0.3) is 0 Å². The Bertz CT molecular complexity index is 478. The van der Waals surface area contributed by atoms with E-state index in [0.29, 0.717) is 6.10 Å². The highest BCUT2D eigenvalue weighted by Gasteiger charge is 2.52. The second-order valence-corrected chi connectivity index (χ2v) is 6.41. The van der Waals surface area contributed by atoms with Crippen molar-refractivity contribution in [3.05, 3.63) is 11.9 Å². The molecule has 0 spiro atoms. The fourth-order valence-electron chi connectivity index (χ4n) is 2.21. The maximum atomic E-state index is 6.06. The van der Waals surface area contributed by atoms with Gasteiger partial charge in [0, 0.05) is 17.4 Å². The molecule has 2 fully saturated rings. The minimum Gasteiger partial charge on any atom is -0.399 e. The van der Waals surface area contributed by atoms with E-state index in [4.69, 9.17) is 14.0 Å². The highest BCUT2D eigenvalue weighted by Crippen LogP contribution is 2.36. The fraction of sp³-hybridized carbons (Fsp3) is 0.769. The van der Waals surface area contributed by atoms with Gasteiger partial charge >= 0.3 is 7.12 Å². The molecule has 3 rings (SSSR count). The first kappa shape index (κ1) is 13.2. The van der Waals surface area contributed by atoms with Gasteiger partial charge in [0.1, 0.15) is 6.10 Å². The third-order valence-corrected chi connectivity index (χ3v) is 4.43. The third-order valence-electron chi connectivity index (χ3n) is 4.43. The van der Waals surface area contributed by atoms with Crippen LogP contribution in [-0.4, -0.2) is 40.8 Å². The Hall–Kier alpha value is -0.845. The van der Waals surface area contributed by atoms with Crippen molar-refractivity contribution in [2.45, 2.75) is 58.5 Å². The van der Waals surface area contributed by atoms with Gasteiger partial charge in [-0.3, -0.25) is 4.68 Å². The molecule has 2 aliphatic rings. The smallest absolute Gasteiger partial charge is 0.399 e. The van der Waals surface area contributed by atoms with E-state index in [2.05, 4.69) is 39.7 Å². The first-order valence-electron chi connectivity index (χ1n) is 6.80. The Kier molecular flexibility index (Phi) is 2.82. The summed E-state index contributed by atoms with van der Waals surface area (Å²) in [5, 5.41) is 4.41. The van der Waals surface area contributed by atoms with Gasteiger partial charge in [-0.1, -0.05) is 0 Å². The minimum absolute atomic E-state index is 0.314. The molecular formula is C13H21BN2O3. The molecule has 1 atom stereocenters. The molecule has 0 saturated carbocycles. The zero-order valence-electron chi connectivity index (χ0n) is 12.3. The van der Waals surface area contributed by atoms with Crippen LogP contribution in [0.4, 0.5) is 0 Å². The SMILES string of the molecule is Cc1c(B2OC(C)(C)C(C)(C)O2)cnn1C[C@H]1CO1. The van der Waals surface area contributed by atoms with Crippen LogP contribution in [-0.2, 0) is 20.6 Å². The van der Waals surface area contributed by atoms with Crippen molar-refractivity contribution in [1.82, 2.24) is 9.78 Å². The Morgan fingerprint density at radius 3 is 2.42 bits per heavy atom. The van der Waals surface area contributed by atoms with Crippen molar-refractivity contribution in [2.24, 2.45) is 0 Å². The lowest BCUT2D eigenvalue weighted by Crippen LogP contribution is -2.41. The van der Waals surface area contributed by atoms with Crippen LogP contribution in [0.1, 0.15) is 33.4 Å². The van der Waals surface area contributed by atoms with E-state index < -0.39 is 0 Å². The Labute approximate surface area is 114 Å².